The van der Waals surface area contributed by atoms with E-state index < -0.39 is 59.8 Å². The number of allylic oxidation sites excluding steroid dienone is 8. The predicted octanol–water partition coefficient (Wildman–Crippen LogP) is 12.7. The normalized spacial score (nSPS) is 19.8. The van der Waals surface area contributed by atoms with Gasteiger partial charge in [0.05, 0.1) is 19.8 Å². The van der Waals surface area contributed by atoms with Crippen molar-refractivity contribution in [2.45, 2.75) is 263 Å². The largest absolute Gasteiger partial charge is 0.457 e. The SMILES string of the molecule is CC/C=C\C/C=C\C/C=C\C/C=C\CCCCCCCCC(=O)OC(COCCCCCCCCCCCCCCCCCCCCCCC)COC1OC(CO)C(O)C(OS(=O)(=O)O)C1O. The van der Waals surface area contributed by atoms with Gasteiger partial charge in [-0.2, -0.15) is 8.42 Å². The van der Waals surface area contributed by atoms with Crippen molar-refractivity contribution >= 4 is 16.4 Å². The Kier molecular flexibility index (Phi) is 42.6. The van der Waals surface area contributed by atoms with Gasteiger partial charge < -0.3 is 34.3 Å². The lowest BCUT2D eigenvalue weighted by molar-refractivity contribution is -0.301. The molecule has 0 bridgehead atoms. The van der Waals surface area contributed by atoms with Gasteiger partial charge in [-0.05, 0) is 51.4 Å². The first-order valence-corrected chi connectivity index (χ1v) is 28.3. The minimum absolute atomic E-state index is 0.0318. The molecular weight excluding hydrogens is 873 g/mol. The predicted molar refractivity (Wildman–Crippen MR) is 271 cm³/mol. The van der Waals surface area contributed by atoms with E-state index in [1.807, 2.05) is 0 Å². The van der Waals surface area contributed by atoms with Crippen molar-refractivity contribution < 1.29 is 56.2 Å². The number of aliphatic hydroxyl groups is 3. The van der Waals surface area contributed by atoms with Crippen LogP contribution >= 0.6 is 0 Å². The van der Waals surface area contributed by atoms with Gasteiger partial charge in [-0.25, -0.2) is 4.18 Å². The first-order chi connectivity index (χ1) is 32.6. The van der Waals surface area contributed by atoms with Crippen molar-refractivity contribution in [1.82, 2.24) is 0 Å². The molecule has 392 valence electrons. The molecule has 1 saturated heterocycles. The highest BCUT2D eigenvalue weighted by molar-refractivity contribution is 7.80. The smallest absolute Gasteiger partial charge is 0.397 e. The van der Waals surface area contributed by atoms with Gasteiger partial charge in [0.1, 0.15) is 30.5 Å². The molecule has 1 heterocycles. The molecule has 1 aliphatic heterocycles. The fourth-order valence-electron chi connectivity index (χ4n) is 8.20. The summed E-state index contributed by atoms with van der Waals surface area (Å²) in [6.45, 7) is 3.90. The molecule has 1 fully saturated rings. The second-order valence-electron chi connectivity index (χ2n) is 18.4. The Bertz CT molecular complexity index is 1350. The summed E-state index contributed by atoms with van der Waals surface area (Å²) in [7, 11) is -5.07. The molecule has 4 N–H and O–H groups in total. The maximum atomic E-state index is 12.9. The van der Waals surface area contributed by atoms with Crippen molar-refractivity contribution in [1.29, 1.82) is 0 Å². The average molecular weight is 971 g/mol. The van der Waals surface area contributed by atoms with Gasteiger partial charge in [0.25, 0.3) is 0 Å². The molecule has 0 aromatic carbocycles. The van der Waals surface area contributed by atoms with Crippen molar-refractivity contribution in [2.24, 2.45) is 0 Å². The highest BCUT2D eigenvalue weighted by atomic mass is 32.3. The molecule has 1 rings (SSSR count). The molecule has 13 heteroatoms. The minimum Gasteiger partial charge on any atom is -0.457 e. The van der Waals surface area contributed by atoms with E-state index in [1.165, 1.54) is 116 Å². The first kappa shape index (κ1) is 63.1. The van der Waals surface area contributed by atoms with Gasteiger partial charge in [0.2, 0.25) is 0 Å². The monoisotopic (exact) mass is 971 g/mol. The van der Waals surface area contributed by atoms with Crippen LogP contribution in [0.5, 0.6) is 0 Å². The minimum atomic E-state index is -5.07. The van der Waals surface area contributed by atoms with Crippen LogP contribution < -0.4 is 0 Å². The summed E-state index contributed by atoms with van der Waals surface area (Å²) in [6, 6.07) is 0. The molecule has 6 atom stereocenters. The van der Waals surface area contributed by atoms with Crippen LogP contribution in [-0.4, -0.2) is 97.5 Å². The summed E-state index contributed by atoms with van der Waals surface area (Å²) in [4.78, 5) is 12.9. The van der Waals surface area contributed by atoms with Gasteiger partial charge in [0.15, 0.2) is 6.29 Å². The second kappa shape index (κ2) is 45.2. The lowest BCUT2D eigenvalue weighted by Crippen LogP contribution is -2.60. The van der Waals surface area contributed by atoms with Crippen LogP contribution in [0.3, 0.4) is 0 Å². The molecular formula is C54H98O12S. The molecule has 0 saturated carbocycles. The standard InChI is InChI=1S/C54H98O12S/c1-3-5-7-9-11-13-15-17-19-21-23-24-26-28-30-32-34-36-38-40-42-44-62-46-48(47-63-54-52(58)53(66-67(59,60)61)51(57)49(45-55)65-54)64-50(56)43-41-39-37-35-33-31-29-27-25-22-20-18-16-14-12-10-8-6-4-2/h6,8,12,14,18,20,25,27,48-49,51-55,57-58H,3-5,7,9-11,13,15-17,19,21-24,26,28-47H2,1-2H3,(H,59,60,61)/b8-6-,14-12-,20-18-,27-25-. The van der Waals surface area contributed by atoms with Gasteiger partial charge in [-0.3, -0.25) is 9.35 Å². The molecule has 1 aliphatic rings. The van der Waals surface area contributed by atoms with Crippen LogP contribution in [0.1, 0.15) is 226 Å². The zero-order valence-corrected chi connectivity index (χ0v) is 43.0. The van der Waals surface area contributed by atoms with Gasteiger partial charge in [0, 0.05) is 13.0 Å². The van der Waals surface area contributed by atoms with Gasteiger partial charge in [-0.1, -0.05) is 217 Å². The van der Waals surface area contributed by atoms with E-state index >= 15 is 0 Å². The van der Waals surface area contributed by atoms with Crippen LogP contribution in [0, 0.1) is 0 Å². The average Bonchev–Trinajstić information content (AvgIpc) is 3.30. The Morgan fingerprint density at radius 1 is 0.582 bits per heavy atom. The zero-order valence-electron chi connectivity index (χ0n) is 42.2. The van der Waals surface area contributed by atoms with Crippen LogP contribution in [-0.2, 0) is 38.3 Å². The third-order valence-corrected chi connectivity index (χ3v) is 12.7. The lowest BCUT2D eigenvalue weighted by atomic mass is 9.99. The second-order valence-corrected chi connectivity index (χ2v) is 19.5. The molecule has 0 amide bonds. The number of esters is 1. The maximum Gasteiger partial charge on any atom is 0.397 e. The Morgan fingerprint density at radius 2 is 1.03 bits per heavy atom. The first-order valence-electron chi connectivity index (χ1n) is 26.9. The van der Waals surface area contributed by atoms with E-state index in [4.69, 9.17) is 18.9 Å². The van der Waals surface area contributed by atoms with Crippen LogP contribution in [0.2, 0.25) is 0 Å². The van der Waals surface area contributed by atoms with Crippen LogP contribution in [0.4, 0.5) is 0 Å². The van der Waals surface area contributed by atoms with E-state index in [0.29, 0.717) is 13.0 Å². The van der Waals surface area contributed by atoms with E-state index in [9.17, 15) is 33.1 Å². The fourth-order valence-corrected chi connectivity index (χ4v) is 8.70. The summed E-state index contributed by atoms with van der Waals surface area (Å²) >= 11 is 0. The van der Waals surface area contributed by atoms with Crippen LogP contribution in [0.15, 0.2) is 48.6 Å². The number of hydrogen-bond donors (Lipinski definition) is 4. The lowest BCUT2D eigenvalue weighted by Gasteiger charge is -2.41. The summed E-state index contributed by atoms with van der Waals surface area (Å²) in [6.07, 6.45) is 47.1. The molecule has 0 aromatic heterocycles. The Balaban J connectivity index is 2.34. The van der Waals surface area contributed by atoms with Crippen molar-refractivity contribution in [3.8, 4) is 0 Å². The van der Waals surface area contributed by atoms with E-state index in [2.05, 4.69) is 66.6 Å². The van der Waals surface area contributed by atoms with E-state index in [-0.39, 0.29) is 19.6 Å². The molecule has 0 aromatic rings. The number of hydrogen-bond acceptors (Lipinski definition) is 11. The fraction of sp³-hybridized carbons (Fsp3) is 0.833. The molecule has 0 radical (unpaired) electrons. The molecule has 0 aliphatic carbocycles. The van der Waals surface area contributed by atoms with Crippen molar-refractivity contribution in [3.05, 3.63) is 48.6 Å². The Hall–Kier alpha value is -1.94. The summed E-state index contributed by atoms with van der Waals surface area (Å²) in [5.74, 6) is -0.410. The molecule has 67 heavy (non-hydrogen) atoms. The third-order valence-electron chi connectivity index (χ3n) is 12.2. The van der Waals surface area contributed by atoms with Gasteiger partial charge >= 0.3 is 16.4 Å². The number of carbonyl (C=O) groups is 1. The number of aliphatic hydroxyl groups excluding tert-OH is 3. The number of ether oxygens (including phenoxy) is 4. The van der Waals surface area contributed by atoms with E-state index in [1.54, 1.807) is 0 Å². The zero-order chi connectivity index (χ0) is 48.9. The Labute approximate surface area is 408 Å². The molecule has 0 spiro atoms. The highest BCUT2D eigenvalue weighted by Crippen LogP contribution is 2.26. The van der Waals surface area contributed by atoms with E-state index in [0.717, 1.165) is 83.5 Å². The van der Waals surface area contributed by atoms with Crippen molar-refractivity contribution in [3.63, 3.8) is 0 Å². The summed E-state index contributed by atoms with van der Waals surface area (Å²) < 4.78 is 59.3. The topological polar surface area (TPSA) is 178 Å². The van der Waals surface area contributed by atoms with Crippen LogP contribution in [0.25, 0.3) is 0 Å². The number of carbonyl (C=O) groups excluding carboxylic acids is 1. The maximum absolute atomic E-state index is 12.9. The quantitative estimate of drug-likeness (QED) is 0.0197. The number of unbranched alkanes of at least 4 members (excludes halogenated alkanes) is 26. The highest BCUT2D eigenvalue weighted by Gasteiger charge is 2.48. The third kappa shape index (κ3) is 38.5. The van der Waals surface area contributed by atoms with Gasteiger partial charge in [-0.15, -0.1) is 0 Å². The molecule has 12 nitrogen and oxygen atoms in total. The number of rotatable bonds is 47. The summed E-state index contributed by atoms with van der Waals surface area (Å²) in [5, 5.41) is 30.8. The summed E-state index contributed by atoms with van der Waals surface area (Å²) in [5.41, 5.74) is 0. The Morgan fingerprint density at radius 3 is 1.51 bits per heavy atom. The van der Waals surface area contributed by atoms with Crippen molar-refractivity contribution in [2.75, 3.05) is 26.4 Å². The molecule has 6 unspecified atom stereocenters.